The van der Waals surface area contributed by atoms with E-state index in [1.807, 2.05) is 6.07 Å². The van der Waals surface area contributed by atoms with Gasteiger partial charge in [-0.1, -0.05) is 50.6 Å². The molecule has 17 heavy (non-hydrogen) atoms. The van der Waals surface area contributed by atoms with Gasteiger partial charge in [0.15, 0.2) is 0 Å². The predicted octanol–water partition coefficient (Wildman–Crippen LogP) is 3.31. The lowest BCUT2D eigenvalue weighted by Crippen LogP contribution is -2.43. The highest BCUT2D eigenvalue weighted by Crippen LogP contribution is 2.33. The highest BCUT2D eigenvalue weighted by Gasteiger charge is 2.32. The minimum atomic E-state index is -0.228. The molecule has 0 spiro atoms. The van der Waals surface area contributed by atoms with Gasteiger partial charge >= 0.3 is 0 Å². The molecule has 0 saturated carbocycles. The third kappa shape index (κ3) is 3.55. The van der Waals surface area contributed by atoms with E-state index < -0.39 is 0 Å². The predicted molar refractivity (Wildman–Crippen MR) is 72.9 cm³/mol. The van der Waals surface area contributed by atoms with Gasteiger partial charge in [0, 0.05) is 19.3 Å². The highest BCUT2D eigenvalue weighted by molar-refractivity contribution is 5.24. The molecule has 2 atom stereocenters. The molecule has 2 nitrogen and oxygen atoms in total. The second kappa shape index (κ2) is 6.77. The molecule has 1 aromatic carbocycles. The van der Waals surface area contributed by atoms with Crippen molar-refractivity contribution in [1.82, 2.24) is 0 Å². The van der Waals surface area contributed by atoms with Crippen LogP contribution < -0.4 is 5.73 Å². The Morgan fingerprint density at radius 3 is 2.47 bits per heavy atom. The molecule has 0 aliphatic carbocycles. The Bertz CT molecular complexity index is 312. The first-order chi connectivity index (χ1) is 8.15. The van der Waals surface area contributed by atoms with Gasteiger partial charge in [-0.25, -0.2) is 0 Å². The topological polar surface area (TPSA) is 35.2 Å². The number of hydrogen-bond acceptors (Lipinski definition) is 2. The van der Waals surface area contributed by atoms with E-state index in [0.717, 1.165) is 25.9 Å². The van der Waals surface area contributed by atoms with Crippen LogP contribution in [0, 0.1) is 5.92 Å². The third-order valence-corrected chi connectivity index (χ3v) is 3.61. The van der Waals surface area contributed by atoms with E-state index in [2.05, 4.69) is 38.1 Å². The number of rotatable bonds is 7. The van der Waals surface area contributed by atoms with Crippen molar-refractivity contribution in [2.75, 3.05) is 13.7 Å². The van der Waals surface area contributed by atoms with E-state index in [1.54, 1.807) is 7.11 Å². The minimum Gasteiger partial charge on any atom is -0.385 e. The maximum absolute atomic E-state index is 6.66. The smallest absolute Gasteiger partial charge is 0.0465 e. The summed E-state index contributed by atoms with van der Waals surface area (Å²) in [6.45, 7) is 5.19. The van der Waals surface area contributed by atoms with E-state index in [1.165, 1.54) is 5.56 Å². The van der Waals surface area contributed by atoms with Crippen molar-refractivity contribution >= 4 is 0 Å². The summed E-state index contributed by atoms with van der Waals surface area (Å²) in [6, 6.07) is 10.4. The summed E-state index contributed by atoms with van der Waals surface area (Å²) < 4.78 is 5.17. The molecular weight excluding hydrogens is 210 g/mol. The van der Waals surface area contributed by atoms with Gasteiger partial charge < -0.3 is 10.5 Å². The van der Waals surface area contributed by atoms with Gasteiger partial charge in [-0.05, 0) is 24.3 Å². The Labute approximate surface area is 105 Å². The molecule has 0 bridgehead atoms. The molecule has 0 saturated heterocycles. The van der Waals surface area contributed by atoms with Crippen molar-refractivity contribution in [3.8, 4) is 0 Å². The fourth-order valence-corrected chi connectivity index (χ4v) is 2.39. The summed E-state index contributed by atoms with van der Waals surface area (Å²) in [5, 5.41) is 0. The van der Waals surface area contributed by atoms with Gasteiger partial charge in [0.1, 0.15) is 0 Å². The summed E-state index contributed by atoms with van der Waals surface area (Å²) in [5.74, 6) is 0.421. The lowest BCUT2D eigenvalue weighted by molar-refractivity contribution is 0.150. The van der Waals surface area contributed by atoms with Crippen LogP contribution in [0.2, 0.25) is 0 Å². The maximum atomic E-state index is 6.66. The Hall–Kier alpha value is -0.860. The molecule has 0 amide bonds. The molecule has 1 aromatic rings. The molecule has 0 aromatic heterocycles. The number of hydrogen-bond donors (Lipinski definition) is 1. The van der Waals surface area contributed by atoms with Crippen molar-refractivity contribution in [2.45, 2.75) is 38.6 Å². The van der Waals surface area contributed by atoms with Crippen LogP contribution in [0.3, 0.4) is 0 Å². The molecule has 0 heterocycles. The Balaban J connectivity index is 2.88. The standard InChI is InChI=1S/C15H25NO/c1-4-11-15(16,13(2)10-12-17-3)14-8-6-5-7-9-14/h5-9,13H,4,10-12,16H2,1-3H3. The molecule has 0 radical (unpaired) electrons. The second-order valence-corrected chi connectivity index (χ2v) is 4.84. The van der Waals surface area contributed by atoms with Crippen LogP contribution in [0.25, 0.3) is 0 Å². The maximum Gasteiger partial charge on any atom is 0.0465 e. The summed E-state index contributed by atoms with van der Waals surface area (Å²) >= 11 is 0. The highest BCUT2D eigenvalue weighted by atomic mass is 16.5. The number of benzene rings is 1. The molecule has 0 fully saturated rings. The number of ether oxygens (including phenoxy) is 1. The lowest BCUT2D eigenvalue weighted by atomic mass is 9.75. The summed E-state index contributed by atoms with van der Waals surface area (Å²) in [7, 11) is 1.74. The lowest BCUT2D eigenvalue weighted by Gasteiger charge is -2.36. The molecule has 2 N–H and O–H groups in total. The van der Waals surface area contributed by atoms with Gasteiger partial charge in [-0.15, -0.1) is 0 Å². The van der Waals surface area contributed by atoms with Gasteiger partial charge in [0.05, 0.1) is 0 Å². The van der Waals surface area contributed by atoms with Crippen molar-refractivity contribution < 1.29 is 4.74 Å². The Kier molecular flexibility index (Phi) is 5.66. The molecule has 2 heteroatoms. The fourth-order valence-electron chi connectivity index (χ4n) is 2.39. The molecule has 1 rings (SSSR count). The monoisotopic (exact) mass is 235 g/mol. The molecule has 96 valence electrons. The largest absolute Gasteiger partial charge is 0.385 e. The quantitative estimate of drug-likeness (QED) is 0.787. The minimum absolute atomic E-state index is 0.228. The second-order valence-electron chi connectivity index (χ2n) is 4.84. The first kappa shape index (κ1) is 14.2. The van der Waals surface area contributed by atoms with Crippen LogP contribution in [-0.2, 0) is 10.3 Å². The zero-order valence-corrected chi connectivity index (χ0v) is 11.3. The summed E-state index contributed by atoms with van der Waals surface area (Å²) in [6.07, 6.45) is 3.12. The Morgan fingerprint density at radius 1 is 1.29 bits per heavy atom. The van der Waals surface area contributed by atoms with Crippen LogP contribution >= 0.6 is 0 Å². The van der Waals surface area contributed by atoms with Crippen molar-refractivity contribution in [3.63, 3.8) is 0 Å². The first-order valence-corrected chi connectivity index (χ1v) is 6.48. The summed E-state index contributed by atoms with van der Waals surface area (Å²) in [5.41, 5.74) is 7.67. The van der Waals surface area contributed by atoms with Crippen LogP contribution in [0.4, 0.5) is 0 Å². The Morgan fingerprint density at radius 2 is 1.94 bits per heavy atom. The van der Waals surface area contributed by atoms with E-state index in [-0.39, 0.29) is 5.54 Å². The molecule has 0 aliphatic rings. The van der Waals surface area contributed by atoms with Crippen LogP contribution in [-0.4, -0.2) is 13.7 Å². The van der Waals surface area contributed by atoms with Gasteiger partial charge in [0.2, 0.25) is 0 Å². The molecular formula is C15H25NO. The third-order valence-electron chi connectivity index (χ3n) is 3.61. The van der Waals surface area contributed by atoms with Crippen molar-refractivity contribution in [3.05, 3.63) is 35.9 Å². The van der Waals surface area contributed by atoms with Gasteiger partial charge in [0.25, 0.3) is 0 Å². The molecule has 0 aliphatic heterocycles. The van der Waals surface area contributed by atoms with E-state index in [9.17, 15) is 0 Å². The zero-order chi connectivity index (χ0) is 12.7. The van der Waals surface area contributed by atoms with E-state index >= 15 is 0 Å². The summed E-state index contributed by atoms with van der Waals surface area (Å²) in [4.78, 5) is 0. The van der Waals surface area contributed by atoms with Crippen molar-refractivity contribution in [1.29, 1.82) is 0 Å². The number of nitrogens with two attached hydrogens (primary N) is 1. The average molecular weight is 235 g/mol. The van der Waals surface area contributed by atoms with Crippen LogP contribution in [0.15, 0.2) is 30.3 Å². The SMILES string of the molecule is CCCC(N)(c1ccccc1)C(C)CCOC. The van der Waals surface area contributed by atoms with Crippen LogP contribution in [0.5, 0.6) is 0 Å². The number of methoxy groups -OCH3 is 1. The van der Waals surface area contributed by atoms with Gasteiger partial charge in [-0.2, -0.15) is 0 Å². The molecule has 2 unspecified atom stereocenters. The van der Waals surface area contributed by atoms with E-state index in [4.69, 9.17) is 10.5 Å². The van der Waals surface area contributed by atoms with E-state index in [0.29, 0.717) is 5.92 Å². The fraction of sp³-hybridized carbons (Fsp3) is 0.600. The van der Waals surface area contributed by atoms with Crippen molar-refractivity contribution in [2.24, 2.45) is 11.7 Å². The zero-order valence-electron chi connectivity index (χ0n) is 11.3. The van der Waals surface area contributed by atoms with Crippen LogP contribution in [0.1, 0.15) is 38.7 Å². The van der Waals surface area contributed by atoms with Gasteiger partial charge in [-0.3, -0.25) is 0 Å². The normalized spacial score (nSPS) is 16.5. The first-order valence-electron chi connectivity index (χ1n) is 6.48. The average Bonchev–Trinajstić information content (AvgIpc) is 2.37.